The molecule has 1 aliphatic heterocycles. The lowest BCUT2D eigenvalue weighted by atomic mass is 9.92. The Morgan fingerprint density at radius 1 is 1.32 bits per heavy atom. The van der Waals surface area contributed by atoms with E-state index in [2.05, 4.69) is 62.2 Å². The Hall–Kier alpha value is -1.51. The number of benzene rings is 1. The molecule has 0 atom stereocenters. The summed E-state index contributed by atoms with van der Waals surface area (Å²) in [7, 11) is 4.20. The van der Waals surface area contributed by atoms with Gasteiger partial charge < -0.3 is 10.2 Å². The van der Waals surface area contributed by atoms with Gasteiger partial charge in [-0.25, -0.2) is 0 Å². The van der Waals surface area contributed by atoms with Crippen molar-refractivity contribution in [1.29, 1.82) is 0 Å². The van der Waals surface area contributed by atoms with Crippen LogP contribution in [0.1, 0.15) is 36.5 Å². The monoisotopic (exact) mass is 259 g/mol. The molecule has 1 aliphatic rings. The van der Waals surface area contributed by atoms with Crippen LogP contribution in [0.5, 0.6) is 0 Å². The van der Waals surface area contributed by atoms with Crippen molar-refractivity contribution in [2.24, 2.45) is 4.99 Å². The maximum Gasteiger partial charge on any atom is 0.101 e. The summed E-state index contributed by atoms with van der Waals surface area (Å²) in [5.74, 6) is 1.69. The van der Waals surface area contributed by atoms with E-state index in [9.17, 15) is 0 Å². The Labute approximate surface area is 116 Å². The zero-order chi connectivity index (χ0) is 14.0. The van der Waals surface area contributed by atoms with Gasteiger partial charge >= 0.3 is 0 Å². The van der Waals surface area contributed by atoms with Crippen LogP contribution in [0, 0.1) is 6.92 Å². The third-order valence-corrected chi connectivity index (χ3v) is 3.78. The molecule has 1 aromatic carbocycles. The molecule has 1 aromatic rings. The number of aliphatic imine (C=N–C) groups is 1. The summed E-state index contributed by atoms with van der Waals surface area (Å²) >= 11 is 0. The second-order valence-corrected chi connectivity index (χ2v) is 5.80. The fraction of sp³-hybridized carbons (Fsp3) is 0.562. The second-order valence-electron chi connectivity index (χ2n) is 5.80. The van der Waals surface area contributed by atoms with E-state index in [0.717, 1.165) is 25.3 Å². The van der Waals surface area contributed by atoms with Gasteiger partial charge in [0.15, 0.2) is 0 Å². The van der Waals surface area contributed by atoms with Crippen LogP contribution in [0.4, 0.5) is 5.69 Å². The Morgan fingerprint density at radius 3 is 2.58 bits per heavy atom. The number of nitrogens with zero attached hydrogens (tertiary/aromatic N) is 2. The predicted molar refractivity (Wildman–Crippen MR) is 83.6 cm³/mol. The molecule has 1 heterocycles. The van der Waals surface area contributed by atoms with Crippen molar-refractivity contribution < 1.29 is 0 Å². The smallest absolute Gasteiger partial charge is 0.101 e. The molecule has 0 unspecified atom stereocenters. The minimum Gasteiger partial charge on any atom is -0.378 e. The van der Waals surface area contributed by atoms with Crippen molar-refractivity contribution in [2.45, 2.75) is 33.1 Å². The highest BCUT2D eigenvalue weighted by atomic mass is 15.1. The summed E-state index contributed by atoms with van der Waals surface area (Å²) in [5, 5.41) is 3.37. The quantitative estimate of drug-likeness (QED) is 0.900. The maximum atomic E-state index is 4.51. The fourth-order valence-corrected chi connectivity index (χ4v) is 2.57. The maximum absolute atomic E-state index is 4.51. The summed E-state index contributed by atoms with van der Waals surface area (Å²) in [6.45, 7) is 8.66. The summed E-state index contributed by atoms with van der Waals surface area (Å²) in [6, 6.07) is 4.61. The predicted octanol–water partition coefficient (Wildman–Crippen LogP) is 2.73. The SMILES string of the molecule is Cc1c(CC2=NCCN2)cc(N(C)C)cc1C(C)C. The molecular weight excluding hydrogens is 234 g/mol. The zero-order valence-corrected chi connectivity index (χ0v) is 12.7. The molecule has 104 valence electrons. The van der Waals surface area contributed by atoms with Crippen LogP contribution < -0.4 is 10.2 Å². The molecule has 2 rings (SSSR count). The molecule has 0 spiro atoms. The number of hydrogen-bond acceptors (Lipinski definition) is 3. The van der Waals surface area contributed by atoms with Crippen molar-refractivity contribution in [3.05, 3.63) is 28.8 Å². The fourth-order valence-electron chi connectivity index (χ4n) is 2.57. The van der Waals surface area contributed by atoms with Crippen LogP contribution in [-0.2, 0) is 6.42 Å². The largest absolute Gasteiger partial charge is 0.378 e. The third kappa shape index (κ3) is 3.09. The molecule has 0 radical (unpaired) electrons. The van der Waals surface area contributed by atoms with Gasteiger partial charge in [0.2, 0.25) is 0 Å². The van der Waals surface area contributed by atoms with Gasteiger partial charge in [0, 0.05) is 32.7 Å². The third-order valence-electron chi connectivity index (χ3n) is 3.78. The number of amidine groups is 1. The molecule has 0 bridgehead atoms. The van der Waals surface area contributed by atoms with Crippen molar-refractivity contribution in [1.82, 2.24) is 5.32 Å². The molecule has 3 heteroatoms. The second kappa shape index (κ2) is 5.64. The average molecular weight is 259 g/mol. The first-order chi connectivity index (χ1) is 8.99. The summed E-state index contributed by atoms with van der Waals surface area (Å²) in [6.07, 6.45) is 0.924. The molecule has 1 N–H and O–H groups in total. The van der Waals surface area contributed by atoms with Gasteiger partial charge in [-0.05, 0) is 41.7 Å². The standard InChI is InChI=1S/C16H25N3/c1-11(2)15-10-14(19(4)5)8-13(12(15)3)9-16-17-6-7-18-16/h8,10-11H,6-7,9H2,1-5H3,(H,17,18). The van der Waals surface area contributed by atoms with Crippen LogP contribution in [0.15, 0.2) is 17.1 Å². The van der Waals surface area contributed by atoms with Crippen molar-refractivity contribution in [2.75, 3.05) is 32.1 Å². The van der Waals surface area contributed by atoms with E-state index in [4.69, 9.17) is 0 Å². The van der Waals surface area contributed by atoms with E-state index in [1.165, 1.54) is 22.4 Å². The molecule has 0 aliphatic carbocycles. The number of rotatable bonds is 4. The lowest BCUT2D eigenvalue weighted by molar-refractivity contribution is 0.850. The lowest BCUT2D eigenvalue weighted by Crippen LogP contribution is -2.21. The first-order valence-electron chi connectivity index (χ1n) is 7.07. The van der Waals surface area contributed by atoms with E-state index >= 15 is 0 Å². The van der Waals surface area contributed by atoms with Gasteiger partial charge in [0.05, 0.1) is 6.54 Å². The normalized spacial score (nSPS) is 14.5. The minimum atomic E-state index is 0.553. The van der Waals surface area contributed by atoms with Gasteiger partial charge in [-0.15, -0.1) is 0 Å². The van der Waals surface area contributed by atoms with Gasteiger partial charge in [-0.1, -0.05) is 13.8 Å². The van der Waals surface area contributed by atoms with Crippen molar-refractivity contribution in [3.8, 4) is 0 Å². The van der Waals surface area contributed by atoms with Crippen molar-refractivity contribution in [3.63, 3.8) is 0 Å². The Kier molecular flexibility index (Phi) is 4.13. The molecule has 3 nitrogen and oxygen atoms in total. The van der Waals surface area contributed by atoms with Gasteiger partial charge in [0.1, 0.15) is 5.84 Å². The molecule has 0 saturated heterocycles. The van der Waals surface area contributed by atoms with E-state index < -0.39 is 0 Å². The summed E-state index contributed by atoms with van der Waals surface area (Å²) in [4.78, 5) is 6.69. The van der Waals surface area contributed by atoms with Crippen molar-refractivity contribution >= 4 is 11.5 Å². The molecule has 0 amide bonds. The Morgan fingerprint density at radius 2 is 2.05 bits per heavy atom. The number of anilines is 1. The highest BCUT2D eigenvalue weighted by Crippen LogP contribution is 2.28. The topological polar surface area (TPSA) is 27.6 Å². The summed E-state index contributed by atoms with van der Waals surface area (Å²) < 4.78 is 0. The first kappa shape index (κ1) is 13.9. The highest BCUT2D eigenvalue weighted by Gasteiger charge is 2.14. The minimum absolute atomic E-state index is 0.553. The summed E-state index contributed by atoms with van der Waals surface area (Å²) in [5.41, 5.74) is 5.53. The highest BCUT2D eigenvalue weighted by molar-refractivity contribution is 5.86. The Bertz CT molecular complexity index is 487. The molecule has 19 heavy (non-hydrogen) atoms. The van der Waals surface area contributed by atoms with E-state index in [0.29, 0.717) is 5.92 Å². The first-order valence-corrected chi connectivity index (χ1v) is 7.07. The number of nitrogens with one attached hydrogen (secondary N) is 1. The van der Waals surface area contributed by atoms with Crippen LogP contribution in [-0.4, -0.2) is 33.0 Å². The van der Waals surface area contributed by atoms with Crippen LogP contribution in [0.25, 0.3) is 0 Å². The van der Waals surface area contributed by atoms with Crippen LogP contribution >= 0.6 is 0 Å². The van der Waals surface area contributed by atoms with Gasteiger partial charge in [-0.3, -0.25) is 4.99 Å². The van der Waals surface area contributed by atoms with E-state index in [1.807, 2.05) is 0 Å². The zero-order valence-electron chi connectivity index (χ0n) is 12.7. The number of hydrogen-bond donors (Lipinski definition) is 1. The average Bonchev–Trinajstić information content (AvgIpc) is 2.83. The van der Waals surface area contributed by atoms with E-state index in [-0.39, 0.29) is 0 Å². The Balaban J connectivity index is 2.39. The van der Waals surface area contributed by atoms with Crippen LogP contribution in [0.3, 0.4) is 0 Å². The molecule has 0 aromatic heterocycles. The molecule has 0 fully saturated rings. The van der Waals surface area contributed by atoms with E-state index in [1.54, 1.807) is 0 Å². The van der Waals surface area contributed by atoms with Gasteiger partial charge in [0.25, 0.3) is 0 Å². The molecular formula is C16H25N3. The molecule has 0 saturated carbocycles. The lowest BCUT2D eigenvalue weighted by Gasteiger charge is -2.21. The van der Waals surface area contributed by atoms with Gasteiger partial charge in [-0.2, -0.15) is 0 Å². The van der Waals surface area contributed by atoms with Crippen LogP contribution in [0.2, 0.25) is 0 Å².